The average molecular weight is 238 g/mol. The van der Waals surface area contributed by atoms with Crippen molar-refractivity contribution in [1.82, 2.24) is 0 Å². The molecule has 1 aromatic rings. The van der Waals surface area contributed by atoms with Crippen LogP contribution in [0.2, 0.25) is 0 Å². The number of ether oxygens (including phenoxy) is 2. The van der Waals surface area contributed by atoms with E-state index in [1.54, 1.807) is 13.0 Å². The van der Waals surface area contributed by atoms with Crippen molar-refractivity contribution in [3.05, 3.63) is 23.8 Å². The zero-order chi connectivity index (χ0) is 12.8. The van der Waals surface area contributed by atoms with Crippen molar-refractivity contribution >= 4 is 12.3 Å². The first-order valence-electron chi connectivity index (χ1n) is 5.13. The van der Waals surface area contributed by atoms with Crippen molar-refractivity contribution in [3.63, 3.8) is 0 Å². The molecule has 0 aliphatic carbocycles. The van der Waals surface area contributed by atoms with E-state index in [0.717, 1.165) is 0 Å². The van der Waals surface area contributed by atoms with Crippen LogP contribution in [-0.4, -0.2) is 31.1 Å². The molecule has 5 nitrogen and oxygen atoms in total. The molecule has 1 aromatic carbocycles. The van der Waals surface area contributed by atoms with E-state index in [9.17, 15) is 14.7 Å². The van der Waals surface area contributed by atoms with E-state index >= 15 is 0 Å². The molecule has 0 spiro atoms. The van der Waals surface area contributed by atoms with E-state index in [2.05, 4.69) is 0 Å². The fourth-order valence-corrected chi connectivity index (χ4v) is 1.44. The molecule has 0 fully saturated rings. The first-order valence-corrected chi connectivity index (χ1v) is 5.13. The maximum atomic E-state index is 11.5. The monoisotopic (exact) mass is 238 g/mol. The predicted molar refractivity (Wildman–Crippen MR) is 60.1 cm³/mol. The lowest BCUT2D eigenvalue weighted by Gasteiger charge is -2.13. The number of aromatic hydroxyl groups is 1. The molecule has 0 aliphatic heterocycles. The van der Waals surface area contributed by atoms with Gasteiger partial charge in [0.25, 0.3) is 0 Å². The Kier molecular flexibility index (Phi) is 4.51. The summed E-state index contributed by atoms with van der Waals surface area (Å²) in [5.41, 5.74) is 0.179. The Hall–Kier alpha value is -2.04. The predicted octanol–water partition coefficient (Wildman–Crippen LogP) is 1.25. The highest BCUT2D eigenvalue weighted by Gasteiger charge is 2.25. The van der Waals surface area contributed by atoms with Crippen LogP contribution < -0.4 is 4.74 Å². The number of hydrogen-bond acceptors (Lipinski definition) is 5. The number of esters is 1. The van der Waals surface area contributed by atoms with Gasteiger partial charge in [-0.2, -0.15) is 0 Å². The molecule has 0 radical (unpaired) electrons. The van der Waals surface area contributed by atoms with Crippen LogP contribution in [0, 0.1) is 0 Å². The molecule has 92 valence electrons. The number of phenolic OH excluding ortho intramolecular Hbond substituents is 1. The second kappa shape index (κ2) is 5.89. The third-order valence-corrected chi connectivity index (χ3v) is 2.26. The highest BCUT2D eigenvalue weighted by molar-refractivity contribution is 5.95. The van der Waals surface area contributed by atoms with E-state index in [1.165, 1.54) is 19.2 Å². The van der Waals surface area contributed by atoms with Gasteiger partial charge in [0.15, 0.2) is 11.5 Å². The molecule has 0 heterocycles. The van der Waals surface area contributed by atoms with Crippen molar-refractivity contribution in [2.45, 2.75) is 12.8 Å². The van der Waals surface area contributed by atoms with E-state index in [-0.39, 0.29) is 23.7 Å². The topological polar surface area (TPSA) is 72.8 Å². The van der Waals surface area contributed by atoms with Crippen LogP contribution in [-0.2, 0) is 14.3 Å². The van der Waals surface area contributed by atoms with Crippen LogP contribution in [0.25, 0.3) is 0 Å². The Balaban J connectivity index is 3.12. The minimum Gasteiger partial charge on any atom is -0.504 e. The lowest BCUT2D eigenvalue weighted by atomic mass is 9.99. The highest BCUT2D eigenvalue weighted by atomic mass is 16.5. The molecule has 1 N–H and O–H groups in total. The Bertz CT molecular complexity index is 413. The van der Waals surface area contributed by atoms with Gasteiger partial charge in [-0.1, -0.05) is 12.1 Å². The number of rotatable bonds is 5. The molecule has 1 rings (SSSR count). The SMILES string of the molecule is CCOC(=O)C(C=O)c1cccc(OC)c1O. The molecule has 0 aliphatic rings. The summed E-state index contributed by atoms with van der Waals surface area (Å²) in [7, 11) is 1.39. The van der Waals surface area contributed by atoms with Gasteiger partial charge < -0.3 is 19.4 Å². The number of methoxy groups -OCH3 is 1. The maximum Gasteiger partial charge on any atom is 0.320 e. The largest absolute Gasteiger partial charge is 0.504 e. The molecule has 0 saturated heterocycles. The quantitative estimate of drug-likeness (QED) is 0.474. The smallest absolute Gasteiger partial charge is 0.320 e. The Morgan fingerprint density at radius 3 is 2.76 bits per heavy atom. The van der Waals surface area contributed by atoms with Gasteiger partial charge in [0.2, 0.25) is 0 Å². The molecule has 1 unspecified atom stereocenters. The number of hydrogen-bond donors (Lipinski definition) is 1. The zero-order valence-electron chi connectivity index (χ0n) is 9.67. The summed E-state index contributed by atoms with van der Waals surface area (Å²) in [6.45, 7) is 1.82. The van der Waals surface area contributed by atoms with E-state index < -0.39 is 11.9 Å². The molecule has 0 saturated carbocycles. The summed E-state index contributed by atoms with van der Waals surface area (Å²) >= 11 is 0. The van der Waals surface area contributed by atoms with Gasteiger partial charge in [0.05, 0.1) is 13.7 Å². The molecular weight excluding hydrogens is 224 g/mol. The van der Waals surface area contributed by atoms with Gasteiger partial charge in [-0.05, 0) is 13.0 Å². The lowest BCUT2D eigenvalue weighted by Crippen LogP contribution is -2.17. The molecule has 0 aromatic heterocycles. The van der Waals surface area contributed by atoms with Crippen LogP contribution in [0.5, 0.6) is 11.5 Å². The third-order valence-electron chi connectivity index (χ3n) is 2.26. The molecule has 1 atom stereocenters. The van der Waals surface area contributed by atoms with Crippen molar-refractivity contribution < 1.29 is 24.2 Å². The number of carbonyl (C=O) groups is 2. The summed E-state index contributed by atoms with van der Waals surface area (Å²) in [5.74, 6) is -1.84. The summed E-state index contributed by atoms with van der Waals surface area (Å²) in [6.07, 6.45) is 0.437. The van der Waals surface area contributed by atoms with E-state index in [1.807, 2.05) is 0 Å². The number of carbonyl (C=O) groups excluding carboxylic acids is 2. The maximum absolute atomic E-state index is 11.5. The summed E-state index contributed by atoms with van der Waals surface area (Å²) in [4.78, 5) is 22.4. The Morgan fingerprint density at radius 2 is 2.24 bits per heavy atom. The van der Waals surface area contributed by atoms with Crippen LogP contribution >= 0.6 is 0 Å². The van der Waals surface area contributed by atoms with Crippen LogP contribution in [0.15, 0.2) is 18.2 Å². The fraction of sp³-hybridized carbons (Fsp3) is 0.333. The van der Waals surface area contributed by atoms with E-state index in [0.29, 0.717) is 6.29 Å². The Labute approximate surface area is 99.0 Å². The fourth-order valence-electron chi connectivity index (χ4n) is 1.44. The molecule has 17 heavy (non-hydrogen) atoms. The van der Waals surface area contributed by atoms with Gasteiger partial charge in [-0.15, -0.1) is 0 Å². The summed E-state index contributed by atoms with van der Waals surface area (Å²) < 4.78 is 9.66. The molecule has 5 heteroatoms. The number of para-hydroxylation sites is 1. The van der Waals surface area contributed by atoms with Gasteiger partial charge in [0.1, 0.15) is 12.2 Å². The van der Waals surface area contributed by atoms with Crippen LogP contribution in [0.1, 0.15) is 18.4 Å². The van der Waals surface area contributed by atoms with Crippen molar-refractivity contribution in [2.75, 3.05) is 13.7 Å². The van der Waals surface area contributed by atoms with Gasteiger partial charge in [-0.25, -0.2) is 0 Å². The minimum atomic E-state index is -1.13. The second-order valence-electron chi connectivity index (χ2n) is 3.26. The zero-order valence-corrected chi connectivity index (χ0v) is 9.67. The van der Waals surface area contributed by atoms with Crippen molar-refractivity contribution in [3.8, 4) is 11.5 Å². The minimum absolute atomic E-state index is 0.175. The van der Waals surface area contributed by atoms with Gasteiger partial charge in [-0.3, -0.25) is 4.79 Å². The van der Waals surface area contributed by atoms with Crippen LogP contribution in [0.4, 0.5) is 0 Å². The van der Waals surface area contributed by atoms with Gasteiger partial charge >= 0.3 is 5.97 Å². The summed E-state index contributed by atoms with van der Waals surface area (Å²) in [5, 5.41) is 9.82. The molecule has 0 amide bonds. The highest BCUT2D eigenvalue weighted by Crippen LogP contribution is 2.34. The lowest BCUT2D eigenvalue weighted by molar-refractivity contribution is -0.146. The van der Waals surface area contributed by atoms with E-state index in [4.69, 9.17) is 9.47 Å². The molecular formula is C12H14O5. The van der Waals surface area contributed by atoms with Crippen LogP contribution in [0.3, 0.4) is 0 Å². The number of benzene rings is 1. The number of phenols is 1. The Morgan fingerprint density at radius 1 is 1.53 bits per heavy atom. The average Bonchev–Trinajstić information content (AvgIpc) is 2.32. The molecule has 0 bridgehead atoms. The first kappa shape index (κ1) is 13.0. The number of aldehydes is 1. The standard InChI is InChI=1S/C12H14O5/c1-3-17-12(15)9(7-13)8-5-4-6-10(16-2)11(8)14/h4-7,9,14H,3H2,1-2H3. The normalized spacial score (nSPS) is 11.6. The van der Waals surface area contributed by atoms with Gasteiger partial charge in [0, 0.05) is 5.56 Å². The third kappa shape index (κ3) is 2.75. The van der Waals surface area contributed by atoms with Crippen molar-refractivity contribution in [1.29, 1.82) is 0 Å². The summed E-state index contributed by atoms with van der Waals surface area (Å²) in [6, 6.07) is 4.60. The second-order valence-corrected chi connectivity index (χ2v) is 3.26. The first-order chi connectivity index (χ1) is 8.15. The van der Waals surface area contributed by atoms with Crippen molar-refractivity contribution in [2.24, 2.45) is 0 Å².